The Morgan fingerprint density at radius 2 is 1.69 bits per heavy atom. The zero-order chi connectivity index (χ0) is 22.7. The number of aromatic hydroxyl groups is 2. The molecule has 0 saturated heterocycles. The smallest absolute Gasteiger partial charge is 0.294 e. The van der Waals surface area contributed by atoms with E-state index in [1.807, 2.05) is 6.07 Å². The lowest BCUT2D eigenvalue weighted by Crippen LogP contribution is -2.19. The normalized spacial score (nSPS) is 10.8. The van der Waals surface area contributed by atoms with Gasteiger partial charge < -0.3 is 19.8 Å². The second kappa shape index (κ2) is 8.64. The molecule has 0 fully saturated rings. The van der Waals surface area contributed by atoms with Crippen LogP contribution in [0.5, 0.6) is 17.4 Å². The minimum atomic E-state index is -0.892. The molecule has 162 valence electrons. The van der Waals surface area contributed by atoms with Crippen molar-refractivity contribution in [2.75, 3.05) is 13.2 Å². The van der Waals surface area contributed by atoms with Crippen molar-refractivity contribution in [2.45, 2.75) is 0 Å². The third-order valence-electron chi connectivity index (χ3n) is 4.63. The third-order valence-corrected chi connectivity index (χ3v) is 4.63. The molecule has 0 bridgehead atoms. The Balaban J connectivity index is 1.79. The van der Waals surface area contributed by atoms with Crippen molar-refractivity contribution < 1.29 is 24.9 Å². The largest absolute Gasteiger partial charge is 0.508 e. The van der Waals surface area contributed by atoms with Crippen LogP contribution in [0.15, 0.2) is 71.5 Å². The number of hydrogen-bond acceptors (Lipinski definition) is 8. The number of pyridine rings is 1. The Morgan fingerprint density at radius 1 is 0.969 bits per heavy atom. The van der Waals surface area contributed by atoms with Gasteiger partial charge in [0.15, 0.2) is 0 Å². The molecule has 0 saturated carbocycles. The van der Waals surface area contributed by atoms with Crippen LogP contribution in [0.4, 0.5) is 0 Å². The molecule has 0 radical (unpaired) electrons. The van der Waals surface area contributed by atoms with Gasteiger partial charge in [0.05, 0.1) is 11.3 Å². The third kappa shape index (κ3) is 4.15. The Labute approximate surface area is 180 Å². The van der Waals surface area contributed by atoms with Gasteiger partial charge in [0, 0.05) is 17.7 Å². The average Bonchev–Trinajstić information content (AvgIpc) is 2.77. The predicted molar refractivity (Wildman–Crippen MR) is 114 cm³/mol. The molecule has 10 heteroatoms. The first-order valence-electron chi connectivity index (χ1n) is 9.49. The maximum Gasteiger partial charge on any atom is 0.294 e. The highest BCUT2D eigenvalue weighted by Crippen LogP contribution is 2.31. The summed E-state index contributed by atoms with van der Waals surface area (Å²) < 4.78 is 6.43. The SMILES string of the molecule is O=c1c(-c2ccccc2)c(-c2ccc(OCCO[N+](=O)[O-])cc2)nc2cc(O)cc(O)n12. The molecule has 0 aliphatic carbocycles. The zero-order valence-corrected chi connectivity index (χ0v) is 16.5. The van der Waals surface area contributed by atoms with Gasteiger partial charge in [0.2, 0.25) is 5.88 Å². The zero-order valence-electron chi connectivity index (χ0n) is 16.5. The molecule has 0 aliphatic rings. The second-order valence-corrected chi connectivity index (χ2v) is 6.70. The molecule has 2 aromatic carbocycles. The first kappa shape index (κ1) is 20.7. The van der Waals surface area contributed by atoms with Crippen LogP contribution in [-0.2, 0) is 4.84 Å². The Morgan fingerprint density at radius 3 is 2.38 bits per heavy atom. The molecule has 4 aromatic rings. The van der Waals surface area contributed by atoms with Crippen molar-refractivity contribution in [1.82, 2.24) is 9.38 Å². The highest BCUT2D eigenvalue weighted by atomic mass is 17.0. The summed E-state index contributed by atoms with van der Waals surface area (Å²) in [5.41, 5.74) is 1.43. The number of ether oxygens (including phenoxy) is 1. The molecule has 0 amide bonds. The van der Waals surface area contributed by atoms with Crippen LogP contribution in [0.2, 0.25) is 0 Å². The van der Waals surface area contributed by atoms with E-state index < -0.39 is 16.5 Å². The first-order chi connectivity index (χ1) is 15.4. The molecule has 0 aliphatic heterocycles. The van der Waals surface area contributed by atoms with Crippen molar-refractivity contribution in [3.05, 3.63) is 87.2 Å². The number of aromatic nitrogens is 2. The number of benzene rings is 2. The molecule has 10 nitrogen and oxygen atoms in total. The summed E-state index contributed by atoms with van der Waals surface area (Å²) in [6.07, 6.45) is 0. The highest BCUT2D eigenvalue weighted by molar-refractivity contribution is 5.82. The molecule has 0 spiro atoms. The lowest BCUT2D eigenvalue weighted by atomic mass is 10.00. The molecule has 2 aromatic heterocycles. The molecule has 2 heterocycles. The van der Waals surface area contributed by atoms with Crippen LogP contribution >= 0.6 is 0 Å². The summed E-state index contributed by atoms with van der Waals surface area (Å²) in [5.74, 6) is -0.204. The lowest BCUT2D eigenvalue weighted by Gasteiger charge is -2.13. The van der Waals surface area contributed by atoms with Crippen LogP contribution < -0.4 is 10.3 Å². The number of rotatable bonds is 7. The van der Waals surface area contributed by atoms with Gasteiger partial charge in [-0.3, -0.25) is 4.79 Å². The molecule has 0 atom stereocenters. The topological polar surface area (TPSA) is 136 Å². The first-order valence-corrected chi connectivity index (χ1v) is 9.49. The molecular weight excluding hydrogens is 418 g/mol. The van der Waals surface area contributed by atoms with E-state index in [0.717, 1.165) is 10.5 Å². The van der Waals surface area contributed by atoms with E-state index in [0.29, 0.717) is 22.6 Å². The monoisotopic (exact) mass is 435 g/mol. The molecular formula is C22H17N3O7. The van der Waals surface area contributed by atoms with Gasteiger partial charge in [-0.25, -0.2) is 9.38 Å². The Kier molecular flexibility index (Phi) is 5.58. The minimum absolute atomic E-state index is 0.0102. The van der Waals surface area contributed by atoms with E-state index in [1.54, 1.807) is 48.5 Å². The Hall–Kier alpha value is -4.60. The summed E-state index contributed by atoms with van der Waals surface area (Å²) in [5, 5.41) is 29.4. The van der Waals surface area contributed by atoms with Gasteiger partial charge in [-0.05, 0) is 29.8 Å². The van der Waals surface area contributed by atoms with E-state index >= 15 is 0 Å². The van der Waals surface area contributed by atoms with Crippen LogP contribution in [0.1, 0.15) is 0 Å². The van der Waals surface area contributed by atoms with Gasteiger partial charge in [0.25, 0.3) is 10.6 Å². The number of hydrogen-bond donors (Lipinski definition) is 2. The molecule has 2 N–H and O–H groups in total. The van der Waals surface area contributed by atoms with Crippen LogP contribution in [-0.4, -0.2) is 37.9 Å². The van der Waals surface area contributed by atoms with E-state index in [-0.39, 0.29) is 30.2 Å². The van der Waals surface area contributed by atoms with Crippen molar-refractivity contribution in [3.8, 4) is 39.8 Å². The van der Waals surface area contributed by atoms with E-state index in [1.165, 1.54) is 6.07 Å². The number of fused-ring (bicyclic) bond motifs is 1. The standard InChI is InChI=1S/C22H17N3O7/c26-16-12-18-23-21(15-6-8-17(9-7-15)31-10-11-32-25(29)30)20(14-4-2-1-3-5-14)22(28)24(18)19(27)13-16/h1-9,12-13,26-27H,10-11H2. The molecule has 4 rings (SSSR count). The second-order valence-electron chi connectivity index (χ2n) is 6.70. The van der Waals surface area contributed by atoms with Gasteiger partial charge in [-0.1, -0.05) is 30.3 Å². The van der Waals surface area contributed by atoms with Gasteiger partial charge in [-0.15, -0.1) is 10.1 Å². The van der Waals surface area contributed by atoms with Crippen LogP contribution in [0.3, 0.4) is 0 Å². The fraction of sp³-hybridized carbons (Fsp3) is 0.0909. The van der Waals surface area contributed by atoms with Crippen molar-refractivity contribution in [2.24, 2.45) is 0 Å². The fourth-order valence-electron chi connectivity index (χ4n) is 3.28. The van der Waals surface area contributed by atoms with Gasteiger partial charge in [0.1, 0.15) is 30.4 Å². The summed E-state index contributed by atoms with van der Waals surface area (Å²) in [6, 6.07) is 17.9. The fourth-order valence-corrected chi connectivity index (χ4v) is 3.28. The summed E-state index contributed by atoms with van der Waals surface area (Å²) in [6.45, 7) is -0.216. The van der Waals surface area contributed by atoms with Gasteiger partial charge in [-0.2, -0.15) is 0 Å². The summed E-state index contributed by atoms with van der Waals surface area (Å²) in [7, 11) is 0. The maximum atomic E-state index is 13.3. The lowest BCUT2D eigenvalue weighted by molar-refractivity contribution is -0.757. The van der Waals surface area contributed by atoms with E-state index in [4.69, 9.17) is 4.74 Å². The van der Waals surface area contributed by atoms with Crippen LogP contribution in [0, 0.1) is 10.1 Å². The average molecular weight is 435 g/mol. The highest BCUT2D eigenvalue weighted by Gasteiger charge is 2.18. The van der Waals surface area contributed by atoms with E-state index in [9.17, 15) is 25.1 Å². The minimum Gasteiger partial charge on any atom is -0.508 e. The van der Waals surface area contributed by atoms with Crippen molar-refractivity contribution in [1.29, 1.82) is 0 Å². The summed E-state index contributed by atoms with van der Waals surface area (Å²) in [4.78, 5) is 32.3. The van der Waals surface area contributed by atoms with Crippen molar-refractivity contribution in [3.63, 3.8) is 0 Å². The predicted octanol–water partition coefficient (Wildman–Crippen LogP) is 3.03. The summed E-state index contributed by atoms with van der Waals surface area (Å²) >= 11 is 0. The molecule has 0 unspecified atom stereocenters. The van der Waals surface area contributed by atoms with Gasteiger partial charge >= 0.3 is 0 Å². The van der Waals surface area contributed by atoms with Crippen molar-refractivity contribution >= 4 is 5.65 Å². The van der Waals surface area contributed by atoms with E-state index in [2.05, 4.69) is 9.82 Å². The number of nitrogens with zero attached hydrogens (tertiary/aromatic N) is 3. The quantitative estimate of drug-likeness (QED) is 0.257. The van der Waals surface area contributed by atoms with Crippen LogP contribution in [0.25, 0.3) is 28.0 Å². The Bertz CT molecular complexity index is 1340. The molecule has 32 heavy (non-hydrogen) atoms. The maximum absolute atomic E-state index is 13.3.